The minimum absolute atomic E-state index is 0.389. The zero-order valence-corrected chi connectivity index (χ0v) is 12.8. The van der Waals surface area contributed by atoms with E-state index in [0.717, 1.165) is 54.6 Å². The van der Waals surface area contributed by atoms with Crippen LogP contribution in [0, 0.1) is 5.92 Å². The molecule has 1 aromatic rings. The third-order valence-electron chi connectivity index (χ3n) is 3.68. The van der Waals surface area contributed by atoms with Crippen LogP contribution in [-0.4, -0.2) is 25.8 Å². The average molecular weight is 302 g/mol. The van der Waals surface area contributed by atoms with E-state index < -0.39 is 0 Å². The molecule has 2 nitrogen and oxygen atoms in total. The SMILES string of the molecule is CCCNC(Cc1c(Cl)cccc1Cl)C1CCOC1. The molecule has 0 saturated carbocycles. The van der Waals surface area contributed by atoms with Crippen LogP contribution in [0.3, 0.4) is 0 Å². The zero-order valence-electron chi connectivity index (χ0n) is 11.3. The molecule has 1 heterocycles. The Morgan fingerprint density at radius 3 is 2.68 bits per heavy atom. The molecule has 1 aromatic carbocycles. The van der Waals surface area contributed by atoms with Crippen LogP contribution in [0.25, 0.3) is 0 Å². The normalized spacial score (nSPS) is 20.7. The lowest BCUT2D eigenvalue weighted by Crippen LogP contribution is -2.39. The van der Waals surface area contributed by atoms with Crippen LogP contribution in [-0.2, 0) is 11.2 Å². The molecule has 0 bridgehead atoms. The molecule has 19 heavy (non-hydrogen) atoms. The quantitative estimate of drug-likeness (QED) is 0.859. The van der Waals surface area contributed by atoms with Gasteiger partial charge in [-0.2, -0.15) is 0 Å². The second-order valence-corrected chi connectivity index (χ2v) is 5.90. The number of hydrogen-bond acceptors (Lipinski definition) is 2. The van der Waals surface area contributed by atoms with Crippen molar-refractivity contribution in [1.82, 2.24) is 5.32 Å². The summed E-state index contributed by atoms with van der Waals surface area (Å²) in [5, 5.41) is 5.13. The molecule has 0 amide bonds. The highest BCUT2D eigenvalue weighted by Crippen LogP contribution is 2.28. The second-order valence-electron chi connectivity index (χ2n) is 5.09. The molecular formula is C15H21Cl2NO. The van der Waals surface area contributed by atoms with Gasteiger partial charge in [0.05, 0.1) is 6.61 Å². The molecule has 1 aliphatic rings. The molecule has 1 fully saturated rings. The van der Waals surface area contributed by atoms with Crippen LogP contribution >= 0.6 is 23.2 Å². The third-order valence-corrected chi connectivity index (χ3v) is 4.38. The molecule has 1 saturated heterocycles. The minimum atomic E-state index is 0.389. The van der Waals surface area contributed by atoms with E-state index in [2.05, 4.69) is 12.2 Å². The predicted molar refractivity (Wildman–Crippen MR) is 81.2 cm³/mol. The monoisotopic (exact) mass is 301 g/mol. The van der Waals surface area contributed by atoms with Crippen molar-refractivity contribution in [2.24, 2.45) is 5.92 Å². The van der Waals surface area contributed by atoms with Crippen molar-refractivity contribution in [3.63, 3.8) is 0 Å². The molecule has 1 N–H and O–H groups in total. The van der Waals surface area contributed by atoms with Crippen LogP contribution in [0.2, 0.25) is 10.0 Å². The lowest BCUT2D eigenvalue weighted by atomic mass is 9.92. The Kier molecular flexibility index (Phi) is 5.96. The number of rotatable bonds is 6. The highest BCUT2D eigenvalue weighted by Gasteiger charge is 2.26. The fourth-order valence-corrected chi connectivity index (χ4v) is 3.10. The standard InChI is InChI=1S/C15H21Cl2NO/c1-2-7-18-15(11-6-8-19-10-11)9-12-13(16)4-3-5-14(12)17/h3-5,11,15,18H,2,6-10H2,1H3. The molecule has 4 heteroatoms. The van der Waals surface area contributed by atoms with Crippen LogP contribution in [0.5, 0.6) is 0 Å². The van der Waals surface area contributed by atoms with E-state index in [0.29, 0.717) is 12.0 Å². The zero-order chi connectivity index (χ0) is 13.7. The van der Waals surface area contributed by atoms with Crippen molar-refractivity contribution in [3.8, 4) is 0 Å². The Morgan fingerprint density at radius 1 is 1.37 bits per heavy atom. The summed E-state index contributed by atoms with van der Waals surface area (Å²) in [7, 11) is 0. The average Bonchev–Trinajstić information content (AvgIpc) is 2.91. The fraction of sp³-hybridized carbons (Fsp3) is 0.600. The first-order chi connectivity index (χ1) is 9.22. The van der Waals surface area contributed by atoms with E-state index in [9.17, 15) is 0 Å². The fourth-order valence-electron chi connectivity index (χ4n) is 2.55. The largest absolute Gasteiger partial charge is 0.381 e. The summed E-state index contributed by atoms with van der Waals surface area (Å²) in [4.78, 5) is 0. The Bertz CT molecular complexity index is 385. The molecule has 2 atom stereocenters. The summed E-state index contributed by atoms with van der Waals surface area (Å²) in [5.41, 5.74) is 1.05. The number of halogens is 2. The van der Waals surface area contributed by atoms with E-state index >= 15 is 0 Å². The van der Waals surface area contributed by atoms with Gasteiger partial charge in [-0.05, 0) is 43.5 Å². The highest BCUT2D eigenvalue weighted by molar-refractivity contribution is 6.36. The van der Waals surface area contributed by atoms with E-state index in [4.69, 9.17) is 27.9 Å². The van der Waals surface area contributed by atoms with Gasteiger partial charge in [-0.3, -0.25) is 0 Å². The molecule has 0 radical (unpaired) electrons. The number of hydrogen-bond donors (Lipinski definition) is 1. The lowest BCUT2D eigenvalue weighted by Gasteiger charge is -2.24. The van der Waals surface area contributed by atoms with Crippen LogP contribution in [0.4, 0.5) is 0 Å². The van der Waals surface area contributed by atoms with E-state index in [1.54, 1.807) is 0 Å². The van der Waals surface area contributed by atoms with Gasteiger partial charge in [0.25, 0.3) is 0 Å². The summed E-state index contributed by atoms with van der Waals surface area (Å²) < 4.78 is 5.51. The number of benzene rings is 1. The van der Waals surface area contributed by atoms with Gasteiger partial charge < -0.3 is 10.1 Å². The van der Waals surface area contributed by atoms with Gasteiger partial charge >= 0.3 is 0 Å². The molecule has 106 valence electrons. The van der Waals surface area contributed by atoms with Gasteiger partial charge in [-0.15, -0.1) is 0 Å². The molecule has 2 rings (SSSR count). The molecule has 2 unspecified atom stereocenters. The molecule has 1 aliphatic heterocycles. The predicted octanol–water partition coefficient (Wildman–Crippen LogP) is 3.94. The summed E-state index contributed by atoms with van der Waals surface area (Å²) >= 11 is 12.5. The summed E-state index contributed by atoms with van der Waals surface area (Å²) in [6, 6.07) is 6.09. The molecule has 0 spiro atoms. The van der Waals surface area contributed by atoms with Gasteiger partial charge in [0, 0.05) is 28.6 Å². The van der Waals surface area contributed by atoms with Crippen LogP contribution in [0.15, 0.2) is 18.2 Å². The second kappa shape index (κ2) is 7.49. The summed E-state index contributed by atoms with van der Waals surface area (Å²) in [5.74, 6) is 0.555. The number of nitrogens with one attached hydrogen (secondary N) is 1. The van der Waals surface area contributed by atoms with Gasteiger partial charge in [-0.25, -0.2) is 0 Å². The van der Waals surface area contributed by atoms with E-state index in [1.165, 1.54) is 0 Å². The Balaban J connectivity index is 2.10. The number of ether oxygens (including phenoxy) is 1. The Labute approximate surface area is 125 Å². The maximum absolute atomic E-state index is 6.27. The first-order valence-corrected chi connectivity index (χ1v) is 7.72. The van der Waals surface area contributed by atoms with Gasteiger partial charge in [0.2, 0.25) is 0 Å². The molecule has 0 aromatic heterocycles. The molecule has 0 aliphatic carbocycles. The summed E-state index contributed by atoms with van der Waals surface area (Å²) in [6.07, 6.45) is 3.11. The van der Waals surface area contributed by atoms with Gasteiger partial charge in [0.15, 0.2) is 0 Å². The first-order valence-electron chi connectivity index (χ1n) is 6.96. The smallest absolute Gasteiger partial charge is 0.0510 e. The third kappa shape index (κ3) is 4.09. The highest BCUT2D eigenvalue weighted by atomic mass is 35.5. The van der Waals surface area contributed by atoms with Gasteiger partial charge in [-0.1, -0.05) is 36.2 Å². The van der Waals surface area contributed by atoms with Crippen molar-refractivity contribution in [3.05, 3.63) is 33.8 Å². The molecular weight excluding hydrogens is 281 g/mol. The van der Waals surface area contributed by atoms with Crippen molar-refractivity contribution in [2.45, 2.75) is 32.2 Å². The van der Waals surface area contributed by atoms with Crippen molar-refractivity contribution in [1.29, 1.82) is 0 Å². The maximum Gasteiger partial charge on any atom is 0.0510 e. The van der Waals surface area contributed by atoms with E-state index in [1.807, 2.05) is 18.2 Å². The van der Waals surface area contributed by atoms with Crippen LogP contribution < -0.4 is 5.32 Å². The van der Waals surface area contributed by atoms with Crippen LogP contribution in [0.1, 0.15) is 25.3 Å². The first kappa shape index (κ1) is 15.1. The maximum atomic E-state index is 6.27. The van der Waals surface area contributed by atoms with Gasteiger partial charge in [0.1, 0.15) is 0 Å². The minimum Gasteiger partial charge on any atom is -0.381 e. The van der Waals surface area contributed by atoms with E-state index in [-0.39, 0.29) is 0 Å². The Hall–Kier alpha value is -0.280. The van der Waals surface area contributed by atoms with Crippen molar-refractivity contribution in [2.75, 3.05) is 19.8 Å². The van der Waals surface area contributed by atoms with Crippen molar-refractivity contribution >= 4 is 23.2 Å². The van der Waals surface area contributed by atoms with Crippen molar-refractivity contribution < 1.29 is 4.74 Å². The summed E-state index contributed by atoms with van der Waals surface area (Å²) in [6.45, 7) is 4.90. The topological polar surface area (TPSA) is 21.3 Å². The Morgan fingerprint density at radius 2 is 2.11 bits per heavy atom. The lowest BCUT2D eigenvalue weighted by molar-refractivity contribution is 0.176.